The van der Waals surface area contributed by atoms with Crippen molar-refractivity contribution in [3.8, 4) is 5.75 Å². The van der Waals surface area contributed by atoms with Crippen LogP contribution >= 0.6 is 11.8 Å². The van der Waals surface area contributed by atoms with Crippen LogP contribution in [0.2, 0.25) is 0 Å². The molecule has 1 aliphatic rings. The number of hydrogen-bond donors (Lipinski definition) is 1. The number of carbonyl (C=O) groups excluding carboxylic acids is 1. The number of rotatable bonds is 9. The third-order valence-electron chi connectivity index (χ3n) is 5.32. The minimum atomic E-state index is -0.115. The molecule has 0 fully saturated rings. The average molecular weight is 403 g/mol. The first kappa shape index (κ1) is 22.6. The lowest BCUT2D eigenvalue weighted by atomic mass is 9.77. The first-order chi connectivity index (χ1) is 13.2. The van der Waals surface area contributed by atoms with Gasteiger partial charge in [-0.05, 0) is 67.5 Å². The molecule has 1 aromatic carbocycles. The van der Waals surface area contributed by atoms with E-state index in [9.17, 15) is 9.90 Å². The van der Waals surface area contributed by atoms with Crippen molar-refractivity contribution in [3.05, 3.63) is 47.2 Å². The molecule has 0 bridgehead atoms. The number of aliphatic hydroxyl groups is 1. The Bertz CT molecular complexity index is 729. The fourth-order valence-corrected chi connectivity index (χ4v) is 4.73. The molecule has 1 aliphatic carbocycles. The molecule has 1 N–H and O–H groups in total. The summed E-state index contributed by atoms with van der Waals surface area (Å²) in [4.78, 5) is 13.9. The molecule has 0 amide bonds. The van der Waals surface area contributed by atoms with Gasteiger partial charge in [-0.3, -0.25) is 4.79 Å². The summed E-state index contributed by atoms with van der Waals surface area (Å²) in [6.45, 7) is 8.53. The van der Waals surface area contributed by atoms with Crippen LogP contribution in [0.15, 0.2) is 52.1 Å². The Labute approximate surface area is 174 Å². The second kappa shape index (κ2) is 10.2. The first-order valence-electron chi connectivity index (χ1n) is 10.1. The number of ketones is 1. The molecule has 0 radical (unpaired) electrons. The Kier molecular flexibility index (Phi) is 8.23. The van der Waals surface area contributed by atoms with E-state index in [4.69, 9.17) is 4.74 Å². The molecule has 1 aromatic rings. The Morgan fingerprint density at radius 1 is 1.29 bits per heavy atom. The third-order valence-corrected chi connectivity index (χ3v) is 6.37. The monoisotopic (exact) mass is 402 g/mol. The van der Waals surface area contributed by atoms with Gasteiger partial charge in [0, 0.05) is 23.3 Å². The van der Waals surface area contributed by atoms with Gasteiger partial charge in [0.2, 0.25) is 0 Å². The van der Waals surface area contributed by atoms with E-state index in [1.807, 2.05) is 12.1 Å². The Morgan fingerprint density at radius 3 is 2.54 bits per heavy atom. The summed E-state index contributed by atoms with van der Waals surface area (Å²) in [5.74, 6) is 2.47. The van der Waals surface area contributed by atoms with Crippen LogP contribution in [0.4, 0.5) is 0 Å². The Morgan fingerprint density at radius 2 is 1.96 bits per heavy atom. The van der Waals surface area contributed by atoms with Crippen LogP contribution in [0.25, 0.3) is 0 Å². The molecule has 0 spiro atoms. The minimum absolute atomic E-state index is 0.115. The van der Waals surface area contributed by atoms with Gasteiger partial charge in [-0.15, -0.1) is 11.8 Å². The average Bonchev–Trinajstić information content (AvgIpc) is 2.65. The number of benzene rings is 1. The maximum atomic E-state index is 12.7. The largest absolute Gasteiger partial charge is 0.512 e. The normalized spacial score (nSPS) is 18.5. The second-order valence-electron chi connectivity index (χ2n) is 8.44. The highest BCUT2D eigenvalue weighted by Gasteiger charge is 2.30. The van der Waals surface area contributed by atoms with Gasteiger partial charge in [-0.1, -0.05) is 32.4 Å². The highest BCUT2D eigenvalue weighted by molar-refractivity contribution is 7.99. The Balaban J connectivity index is 1.91. The maximum absolute atomic E-state index is 12.7. The van der Waals surface area contributed by atoms with Crippen molar-refractivity contribution in [1.29, 1.82) is 0 Å². The van der Waals surface area contributed by atoms with Gasteiger partial charge in [-0.25, -0.2) is 0 Å². The lowest BCUT2D eigenvalue weighted by Gasteiger charge is -2.28. The van der Waals surface area contributed by atoms with E-state index in [0.29, 0.717) is 30.6 Å². The van der Waals surface area contributed by atoms with Crippen LogP contribution in [0, 0.1) is 11.3 Å². The SMILES string of the molecule is CC/C(C)=C\C(C)(C)CC1=C(O)CC(CCSc2ccc(OC)cc2)CC1=O. The number of ether oxygens (including phenoxy) is 1. The molecule has 0 heterocycles. The molecule has 2 rings (SSSR count). The van der Waals surface area contributed by atoms with E-state index < -0.39 is 0 Å². The van der Waals surface area contributed by atoms with Crippen LogP contribution in [0.1, 0.15) is 59.8 Å². The van der Waals surface area contributed by atoms with Crippen molar-refractivity contribution in [1.82, 2.24) is 0 Å². The van der Waals surface area contributed by atoms with Crippen LogP contribution in [-0.2, 0) is 4.79 Å². The summed E-state index contributed by atoms with van der Waals surface area (Å²) in [6, 6.07) is 8.03. The molecular weight excluding hydrogens is 368 g/mol. The predicted octanol–water partition coefficient (Wildman–Crippen LogP) is 6.74. The quantitative estimate of drug-likeness (QED) is 0.367. The summed E-state index contributed by atoms with van der Waals surface area (Å²) in [5, 5.41) is 10.6. The smallest absolute Gasteiger partial charge is 0.162 e. The lowest BCUT2D eigenvalue weighted by molar-refractivity contribution is -0.117. The lowest BCUT2D eigenvalue weighted by Crippen LogP contribution is -2.23. The zero-order chi connectivity index (χ0) is 20.7. The molecule has 28 heavy (non-hydrogen) atoms. The molecule has 0 aliphatic heterocycles. The van der Waals surface area contributed by atoms with E-state index >= 15 is 0 Å². The molecule has 0 aromatic heterocycles. The summed E-state index contributed by atoms with van der Waals surface area (Å²) in [5.41, 5.74) is 1.85. The van der Waals surface area contributed by atoms with Gasteiger partial charge in [0.1, 0.15) is 5.75 Å². The number of aliphatic hydroxyl groups excluding tert-OH is 1. The number of thioether (sulfide) groups is 1. The molecule has 1 atom stereocenters. The van der Waals surface area contributed by atoms with Crippen molar-refractivity contribution in [3.63, 3.8) is 0 Å². The van der Waals surface area contributed by atoms with E-state index in [1.54, 1.807) is 18.9 Å². The van der Waals surface area contributed by atoms with Gasteiger partial charge in [0.15, 0.2) is 5.78 Å². The van der Waals surface area contributed by atoms with Crippen LogP contribution in [0.3, 0.4) is 0 Å². The van der Waals surface area contributed by atoms with Crippen molar-refractivity contribution in [2.45, 2.75) is 64.7 Å². The third kappa shape index (κ3) is 6.73. The van der Waals surface area contributed by atoms with Gasteiger partial charge in [0.05, 0.1) is 12.9 Å². The molecule has 0 saturated heterocycles. The minimum Gasteiger partial charge on any atom is -0.512 e. The van der Waals surface area contributed by atoms with Gasteiger partial charge in [0.25, 0.3) is 0 Å². The number of hydrogen-bond acceptors (Lipinski definition) is 4. The molecule has 3 nitrogen and oxygen atoms in total. The first-order valence-corrected chi connectivity index (χ1v) is 11.1. The molecule has 0 saturated carbocycles. The molecule has 1 unspecified atom stereocenters. The summed E-state index contributed by atoms with van der Waals surface area (Å²) in [6.07, 6.45) is 5.96. The second-order valence-corrected chi connectivity index (χ2v) is 9.61. The fraction of sp³-hybridized carbons (Fsp3) is 0.542. The van der Waals surface area contributed by atoms with Crippen molar-refractivity contribution in [2.75, 3.05) is 12.9 Å². The predicted molar refractivity (Wildman–Crippen MR) is 118 cm³/mol. The molecular formula is C24H34O3S. The zero-order valence-electron chi connectivity index (χ0n) is 17.9. The number of allylic oxidation sites excluding steroid dienone is 4. The zero-order valence-corrected chi connectivity index (χ0v) is 18.7. The fourth-order valence-electron chi connectivity index (χ4n) is 3.71. The van der Waals surface area contributed by atoms with Gasteiger partial charge < -0.3 is 9.84 Å². The topological polar surface area (TPSA) is 46.5 Å². The summed E-state index contributed by atoms with van der Waals surface area (Å²) in [7, 11) is 1.67. The standard InChI is InChI=1S/C24H34O3S/c1-6-17(2)15-24(3,4)16-21-22(25)13-18(14-23(21)26)11-12-28-20-9-7-19(27-5)8-10-20/h7-10,15,18,25H,6,11-14,16H2,1-5H3/b17-15-. The summed E-state index contributed by atoms with van der Waals surface area (Å²) >= 11 is 1.78. The van der Waals surface area contributed by atoms with Crippen molar-refractivity contribution >= 4 is 17.5 Å². The van der Waals surface area contributed by atoms with E-state index in [0.717, 1.165) is 24.3 Å². The summed E-state index contributed by atoms with van der Waals surface area (Å²) < 4.78 is 5.18. The van der Waals surface area contributed by atoms with E-state index in [-0.39, 0.29) is 17.1 Å². The van der Waals surface area contributed by atoms with Crippen LogP contribution < -0.4 is 4.74 Å². The van der Waals surface area contributed by atoms with Crippen LogP contribution in [-0.4, -0.2) is 23.8 Å². The highest BCUT2D eigenvalue weighted by Crippen LogP contribution is 2.37. The van der Waals surface area contributed by atoms with E-state index in [2.05, 4.69) is 45.9 Å². The van der Waals surface area contributed by atoms with E-state index in [1.165, 1.54) is 10.5 Å². The van der Waals surface area contributed by atoms with Crippen LogP contribution in [0.5, 0.6) is 5.75 Å². The molecule has 4 heteroatoms. The maximum Gasteiger partial charge on any atom is 0.162 e. The van der Waals surface area contributed by atoms with Crippen molar-refractivity contribution < 1.29 is 14.6 Å². The van der Waals surface area contributed by atoms with Crippen molar-refractivity contribution in [2.24, 2.45) is 11.3 Å². The molecule has 154 valence electrons. The number of methoxy groups -OCH3 is 1. The van der Waals surface area contributed by atoms with Gasteiger partial charge in [-0.2, -0.15) is 0 Å². The number of Topliss-reactive ketones (excluding diaryl/α,β-unsaturated/α-hetero) is 1. The highest BCUT2D eigenvalue weighted by atomic mass is 32.2. The Hall–Kier alpha value is -1.68. The number of carbonyl (C=O) groups is 1. The van der Waals surface area contributed by atoms with Gasteiger partial charge >= 0.3 is 0 Å².